The van der Waals surface area contributed by atoms with Crippen LogP contribution in [-0.2, 0) is 19.4 Å². The van der Waals surface area contributed by atoms with Crippen LogP contribution in [0.15, 0.2) is 41.6 Å². The second-order valence-corrected chi connectivity index (χ2v) is 10.0. The van der Waals surface area contributed by atoms with Crippen molar-refractivity contribution in [1.82, 2.24) is 25.0 Å². The minimum atomic E-state index is -5.08. The lowest BCUT2D eigenvalue weighted by molar-refractivity contribution is -0.192. The van der Waals surface area contributed by atoms with Crippen molar-refractivity contribution in [1.29, 1.82) is 0 Å². The Morgan fingerprint density at radius 2 is 1.97 bits per heavy atom. The number of aromatic amines is 1. The van der Waals surface area contributed by atoms with Gasteiger partial charge in [-0.05, 0) is 13.0 Å². The third-order valence-corrected chi connectivity index (χ3v) is 6.63. The maximum absolute atomic E-state index is 12.6. The fourth-order valence-corrected chi connectivity index (χ4v) is 4.81. The van der Waals surface area contributed by atoms with Gasteiger partial charge in [0.25, 0.3) is 0 Å². The highest BCUT2D eigenvalue weighted by atomic mass is 32.2. The first-order valence-electron chi connectivity index (χ1n) is 10.5. The monoisotopic (exact) mass is 526 g/mol. The standard InChI is InChI=1S/C19H20N6O3S.C2HF3O2/c1-12-11-28-9-8-24(12)18-13-4-3-5-15(29(2,26)27)17(13)14-10-21-25(19(14)22-18)16-6-7-20-23-16;3-2(4,5)1(6)7/h3-7,10,12H,8-9,11H2,1-2H3,(H,20,23);(H,6,7)/t12-;/m1./s1. The van der Waals surface area contributed by atoms with E-state index in [-0.39, 0.29) is 10.9 Å². The summed E-state index contributed by atoms with van der Waals surface area (Å²) in [6, 6.07) is 7.22. The van der Waals surface area contributed by atoms with Crippen molar-refractivity contribution in [2.24, 2.45) is 0 Å². The average Bonchev–Trinajstić information content (AvgIpc) is 3.47. The van der Waals surface area contributed by atoms with E-state index >= 15 is 0 Å². The van der Waals surface area contributed by atoms with Gasteiger partial charge in [-0.15, -0.1) is 0 Å². The molecule has 15 heteroatoms. The number of pyridine rings is 1. The molecule has 4 heterocycles. The van der Waals surface area contributed by atoms with Crippen LogP contribution >= 0.6 is 0 Å². The maximum Gasteiger partial charge on any atom is 0.490 e. The predicted molar refractivity (Wildman–Crippen MR) is 123 cm³/mol. The highest BCUT2D eigenvalue weighted by Gasteiger charge is 2.38. The molecule has 0 spiro atoms. The zero-order valence-electron chi connectivity index (χ0n) is 19.0. The van der Waals surface area contributed by atoms with E-state index in [1.54, 1.807) is 35.3 Å². The number of carboxylic acids is 1. The van der Waals surface area contributed by atoms with Gasteiger partial charge >= 0.3 is 12.1 Å². The van der Waals surface area contributed by atoms with E-state index < -0.39 is 22.0 Å². The molecule has 5 rings (SSSR count). The first-order valence-corrected chi connectivity index (χ1v) is 12.4. The number of ether oxygens (including phenoxy) is 1. The summed E-state index contributed by atoms with van der Waals surface area (Å²) in [6.07, 6.45) is -0.562. The van der Waals surface area contributed by atoms with E-state index in [0.717, 1.165) is 11.2 Å². The lowest BCUT2D eigenvalue weighted by atomic mass is 10.1. The third-order valence-electron chi connectivity index (χ3n) is 5.49. The molecule has 0 aliphatic carbocycles. The molecule has 1 saturated heterocycles. The molecule has 2 N–H and O–H groups in total. The maximum atomic E-state index is 12.6. The lowest BCUT2D eigenvalue weighted by Crippen LogP contribution is -2.44. The first kappa shape index (κ1) is 25.4. The summed E-state index contributed by atoms with van der Waals surface area (Å²) in [5.41, 5.74) is 0.576. The first-order chi connectivity index (χ1) is 16.9. The summed E-state index contributed by atoms with van der Waals surface area (Å²) in [5, 5.41) is 20.6. The molecular formula is C21H21F3N6O5S. The highest BCUT2D eigenvalue weighted by Crippen LogP contribution is 2.37. The van der Waals surface area contributed by atoms with E-state index in [4.69, 9.17) is 19.6 Å². The number of aromatic nitrogens is 5. The van der Waals surface area contributed by atoms with Gasteiger partial charge in [0.2, 0.25) is 0 Å². The number of sulfone groups is 1. The number of anilines is 1. The van der Waals surface area contributed by atoms with Gasteiger partial charge in [0, 0.05) is 35.0 Å². The number of morpholine rings is 1. The average molecular weight is 526 g/mol. The predicted octanol–water partition coefficient (Wildman–Crippen LogP) is 2.56. The normalized spacial score (nSPS) is 16.7. The van der Waals surface area contributed by atoms with Crippen LogP contribution in [-0.4, -0.2) is 82.7 Å². The topological polar surface area (TPSA) is 143 Å². The van der Waals surface area contributed by atoms with Crippen LogP contribution < -0.4 is 4.90 Å². The van der Waals surface area contributed by atoms with Gasteiger partial charge in [-0.2, -0.15) is 28.1 Å². The van der Waals surface area contributed by atoms with E-state index in [1.165, 1.54) is 6.26 Å². The number of nitrogens with one attached hydrogen (secondary N) is 1. The molecular weight excluding hydrogens is 505 g/mol. The van der Waals surface area contributed by atoms with Gasteiger partial charge in [-0.3, -0.25) is 5.10 Å². The van der Waals surface area contributed by atoms with Crippen LogP contribution in [0.25, 0.3) is 27.6 Å². The summed E-state index contributed by atoms with van der Waals surface area (Å²) in [6.45, 7) is 3.93. The number of benzene rings is 1. The molecule has 36 heavy (non-hydrogen) atoms. The van der Waals surface area contributed by atoms with E-state index in [2.05, 4.69) is 27.1 Å². The van der Waals surface area contributed by atoms with Crippen LogP contribution in [0.3, 0.4) is 0 Å². The molecule has 192 valence electrons. The molecule has 0 radical (unpaired) electrons. The molecule has 1 atom stereocenters. The van der Waals surface area contributed by atoms with Gasteiger partial charge in [-0.25, -0.2) is 18.2 Å². The van der Waals surface area contributed by atoms with Gasteiger partial charge in [0.15, 0.2) is 21.3 Å². The lowest BCUT2D eigenvalue weighted by Gasteiger charge is -2.35. The molecule has 0 saturated carbocycles. The number of hydrogen-bond acceptors (Lipinski definition) is 8. The Labute approximate surface area is 202 Å². The van der Waals surface area contributed by atoms with Gasteiger partial charge in [0.05, 0.1) is 36.5 Å². The number of hydrogen-bond donors (Lipinski definition) is 2. The molecule has 1 aliphatic heterocycles. The minimum Gasteiger partial charge on any atom is -0.475 e. The van der Waals surface area contributed by atoms with Crippen LogP contribution in [0.2, 0.25) is 0 Å². The number of carbonyl (C=O) groups is 1. The molecule has 0 unspecified atom stereocenters. The Morgan fingerprint density at radius 1 is 1.25 bits per heavy atom. The van der Waals surface area contributed by atoms with Crippen molar-refractivity contribution in [2.75, 3.05) is 30.9 Å². The summed E-state index contributed by atoms with van der Waals surface area (Å²) < 4.78 is 64.1. The number of rotatable bonds is 3. The summed E-state index contributed by atoms with van der Waals surface area (Å²) in [7, 11) is -3.45. The minimum absolute atomic E-state index is 0.113. The number of carboxylic acid groups (broad SMARTS) is 1. The number of H-pyrrole nitrogens is 1. The summed E-state index contributed by atoms with van der Waals surface area (Å²) in [4.78, 5) is 16.3. The molecule has 4 aromatic rings. The van der Waals surface area contributed by atoms with E-state index in [0.29, 0.717) is 42.0 Å². The number of fused-ring (bicyclic) bond motifs is 3. The van der Waals surface area contributed by atoms with Crippen LogP contribution in [0, 0.1) is 0 Å². The number of nitrogens with zero attached hydrogens (tertiary/aromatic N) is 5. The fourth-order valence-electron chi connectivity index (χ4n) is 3.89. The second-order valence-electron chi connectivity index (χ2n) is 8.04. The van der Waals surface area contributed by atoms with Crippen molar-refractivity contribution in [3.05, 3.63) is 36.7 Å². The molecule has 3 aromatic heterocycles. The number of alkyl halides is 3. The highest BCUT2D eigenvalue weighted by molar-refractivity contribution is 7.91. The Bertz CT molecular complexity index is 1520. The summed E-state index contributed by atoms with van der Waals surface area (Å²) >= 11 is 0. The number of aliphatic carboxylic acids is 1. The Morgan fingerprint density at radius 3 is 2.56 bits per heavy atom. The van der Waals surface area contributed by atoms with Crippen molar-refractivity contribution in [3.8, 4) is 5.82 Å². The van der Waals surface area contributed by atoms with Crippen molar-refractivity contribution in [3.63, 3.8) is 0 Å². The van der Waals surface area contributed by atoms with Crippen LogP contribution in [0.1, 0.15) is 6.92 Å². The van der Waals surface area contributed by atoms with Crippen molar-refractivity contribution < 1.29 is 36.2 Å². The van der Waals surface area contributed by atoms with Gasteiger partial charge in [-0.1, -0.05) is 12.1 Å². The molecule has 1 fully saturated rings. The smallest absolute Gasteiger partial charge is 0.475 e. The third kappa shape index (κ3) is 4.83. The molecule has 11 nitrogen and oxygen atoms in total. The van der Waals surface area contributed by atoms with Gasteiger partial charge in [0.1, 0.15) is 5.82 Å². The fraction of sp³-hybridized carbons (Fsp3) is 0.333. The quantitative estimate of drug-likeness (QED) is 0.412. The van der Waals surface area contributed by atoms with E-state index in [1.807, 2.05) is 6.07 Å². The van der Waals surface area contributed by atoms with E-state index in [9.17, 15) is 21.6 Å². The zero-order chi connectivity index (χ0) is 26.3. The van der Waals surface area contributed by atoms with Crippen molar-refractivity contribution in [2.45, 2.75) is 24.0 Å². The SMILES string of the molecule is C[C@@H]1COCCN1c1nc2c(cnn2-c2ccn[nH]2)c2c(S(C)(=O)=O)cccc12.O=C(O)C(F)(F)F. The number of halogens is 3. The van der Waals surface area contributed by atoms with Crippen LogP contribution in [0.4, 0.5) is 19.0 Å². The molecule has 0 amide bonds. The second kappa shape index (κ2) is 9.39. The molecule has 0 bridgehead atoms. The Kier molecular flexibility index (Phi) is 6.62. The zero-order valence-corrected chi connectivity index (χ0v) is 19.8. The molecule has 1 aliphatic rings. The van der Waals surface area contributed by atoms with Gasteiger partial charge < -0.3 is 14.7 Å². The van der Waals surface area contributed by atoms with Crippen LogP contribution in [0.5, 0.6) is 0 Å². The Balaban J connectivity index is 0.000000384. The molecule has 1 aromatic carbocycles. The largest absolute Gasteiger partial charge is 0.490 e. The summed E-state index contributed by atoms with van der Waals surface area (Å²) in [5.74, 6) is -1.37. The van der Waals surface area contributed by atoms with Crippen molar-refractivity contribution >= 4 is 43.4 Å². The Hall–Kier alpha value is -3.72.